The van der Waals surface area contributed by atoms with E-state index >= 15 is 0 Å². The summed E-state index contributed by atoms with van der Waals surface area (Å²) in [5, 5.41) is 11.5. The number of carboxylic acids is 1. The van der Waals surface area contributed by atoms with Crippen LogP contribution in [0.25, 0.3) is 0 Å². The molecule has 1 aromatic rings. The molecular formula is C12H14BrF2NO3. The summed E-state index contributed by atoms with van der Waals surface area (Å²) in [7, 11) is 0. The first-order chi connectivity index (χ1) is 8.81. The van der Waals surface area contributed by atoms with Gasteiger partial charge in [0.15, 0.2) is 0 Å². The minimum atomic E-state index is -2.92. The van der Waals surface area contributed by atoms with E-state index in [0.29, 0.717) is 15.6 Å². The van der Waals surface area contributed by atoms with E-state index in [1.165, 1.54) is 6.92 Å². The number of aryl methyl sites for hydroxylation is 1. The summed E-state index contributed by atoms with van der Waals surface area (Å²) in [6.45, 7) is 0.318. The molecule has 0 heterocycles. The second kappa shape index (κ2) is 6.81. The Morgan fingerprint density at radius 2 is 2.16 bits per heavy atom. The SMILES string of the molecule is Cc1cc(Br)cc(CNC(C)C(=O)O)c1OC(F)F. The first-order valence-corrected chi connectivity index (χ1v) is 6.30. The highest BCUT2D eigenvalue weighted by Crippen LogP contribution is 2.29. The average molecular weight is 338 g/mol. The third-order valence-corrected chi connectivity index (χ3v) is 2.95. The van der Waals surface area contributed by atoms with E-state index in [0.717, 1.165) is 0 Å². The second-order valence-electron chi connectivity index (χ2n) is 4.03. The third-order valence-electron chi connectivity index (χ3n) is 2.49. The molecule has 0 radical (unpaired) electrons. The van der Waals surface area contributed by atoms with Crippen LogP contribution in [-0.2, 0) is 11.3 Å². The van der Waals surface area contributed by atoms with Gasteiger partial charge in [-0.1, -0.05) is 15.9 Å². The van der Waals surface area contributed by atoms with Gasteiger partial charge in [0.05, 0.1) is 0 Å². The number of ether oxygens (including phenoxy) is 1. The van der Waals surface area contributed by atoms with Gasteiger partial charge in [0, 0.05) is 16.6 Å². The molecule has 0 saturated heterocycles. The predicted octanol–water partition coefficient (Wildman–Crippen LogP) is 2.92. The summed E-state index contributed by atoms with van der Waals surface area (Å²) >= 11 is 3.26. The lowest BCUT2D eigenvalue weighted by Crippen LogP contribution is -2.33. The van der Waals surface area contributed by atoms with E-state index in [1.807, 2.05) is 0 Å². The van der Waals surface area contributed by atoms with Crippen LogP contribution in [0.5, 0.6) is 5.75 Å². The van der Waals surface area contributed by atoms with E-state index in [2.05, 4.69) is 26.0 Å². The Morgan fingerprint density at radius 3 is 2.68 bits per heavy atom. The predicted molar refractivity (Wildman–Crippen MR) is 69.4 cm³/mol. The number of alkyl halides is 2. The van der Waals surface area contributed by atoms with Gasteiger partial charge in [0.25, 0.3) is 0 Å². The Hall–Kier alpha value is -1.21. The number of carbonyl (C=O) groups is 1. The lowest BCUT2D eigenvalue weighted by molar-refractivity contribution is -0.139. The summed E-state index contributed by atoms with van der Waals surface area (Å²) < 4.78 is 29.9. The number of aliphatic carboxylic acids is 1. The molecule has 7 heteroatoms. The minimum Gasteiger partial charge on any atom is -0.480 e. The van der Waals surface area contributed by atoms with Crippen LogP contribution in [0.2, 0.25) is 0 Å². The van der Waals surface area contributed by atoms with Gasteiger partial charge >= 0.3 is 12.6 Å². The highest BCUT2D eigenvalue weighted by Gasteiger charge is 2.16. The van der Waals surface area contributed by atoms with E-state index in [9.17, 15) is 13.6 Å². The molecule has 0 aliphatic rings. The number of hydrogen-bond acceptors (Lipinski definition) is 3. The van der Waals surface area contributed by atoms with Crippen molar-refractivity contribution >= 4 is 21.9 Å². The van der Waals surface area contributed by atoms with E-state index < -0.39 is 18.6 Å². The fourth-order valence-corrected chi connectivity index (χ4v) is 2.16. The summed E-state index contributed by atoms with van der Waals surface area (Å²) in [6, 6.07) is 2.49. The zero-order chi connectivity index (χ0) is 14.6. The molecule has 106 valence electrons. The average Bonchev–Trinajstić information content (AvgIpc) is 2.29. The first-order valence-electron chi connectivity index (χ1n) is 5.51. The molecule has 4 nitrogen and oxygen atoms in total. The molecule has 0 aliphatic carbocycles. The Bertz CT molecular complexity index is 469. The molecule has 0 spiro atoms. The molecule has 0 saturated carbocycles. The molecule has 19 heavy (non-hydrogen) atoms. The molecule has 1 atom stereocenters. The number of hydrogen-bond donors (Lipinski definition) is 2. The smallest absolute Gasteiger partial charge is 0.387 e. The molecule has 1 aromatic carbocycles. The van der Waals surface area contributed by atoms with Gasteiger partial charge in [-0.2, -0.15) is 8.78 Å². The summed E-state index contributed by atoms with van der Waals surface area (Å²) in [5.41, 5.74) is 1.02. The molecule has 0 amide bonds. The lowest BCUT2D eigenvalue weighted by atomic mass is 10.1. The van der Waals surface area contributed by atoms with Gasteiger partial charge in [-0.25, -0.2) is 0 Å². The monoisotopic (exact) mass is 337 g/mol. The summed E-state index contributed by atoms with van der Waals surface area (Å²) in [5.74, 6) is -0.939. The van der Waals surface area contributed by atoms with Gasteiger partial charge in [-0.05, 0) is 31.5 Å². The van der Waals surface area contributed by atoms with Crippen LogP contribution < -0.4 is 10.1 Å². The molecule has 0 fully saturated rings. The third kappa shape index (κ3) is 4.76. The van der Waals surface area contributed by atoms with Gasteiger partial charge in [0.1, 0.15) is 11.8 Å². The van der Waals surface area contributed by atoms with Crippen LogP contribution in [0, 0.1) is 6.92 Å². The van der Waals surface area contributed by atoms with Gasteiger partial charge in [-0.15, -0.1) is 0 Å². The van der Waals surface area contributed by atoms with Crippen molar-refractivity contribution in [3.63, 3.8) is 0 Å². The van der Waals surface area contributed by atoms with Gasteiger partial charge < -0.3 is 15.2 Å². The van der Waals surface area contributed by atoms with Gasteiger partial charge in [0.2, 0.25) is 0 Å². The number of rotatable bonds is 6. The molecule has 2 N–H and O–H groups in total. The zero-order valence-corrected chi connectivity index (χ0v) is 12.0. The van der Waals surface area contributed by atoms with Crippen molar-refractivity contribution in [1.29, 1.82) is 0 Å². The Labute approximate surface area is 117 Å². The highest BCUT2D eigenvalue weighted by molar-refractivity contribution is 9.10. The number of benzene rings is 1. The van der Waals surface area contributed by atoms with Crippen molar-refractivity contribution in [1.82, 2.24) is 5.32 Å². The maximum absolute atomic E-state index is 12.4. The molecule has 1 rings (SSSR count). The normalized spacial score (nSPS) is 12.5. The highest BCUT2D eigenvalue weighted by atomic mass is 79.9. The lowest BCUT2D eigenvalue weighted by Gasteiger charge is -2.16. The van der Waals surface area contributed by atoms with Gasteiger partial charge in [-0.3, -0.25) is 4.79 Å². The molecule has 0 aliphatic heterocycles. The van der Waals surface area contributed by atoms with Crippen LogP contribution in [-0.4, -0.2) is 23.7 Å². The molecular weight excluding hydrogens is 324 g/mol. The van der Waals surface area contributed by atoms with Crippen molar-refractivity contribution in [2.24, 2.45) is 0 Å². The van der Waals surface area contributed by atoms with E-state index in [1.54, 1.807) is 19.1 Å². The molecule has 0 aromatic heterocycles. The maximum Gasteiger partial charge on any atom is 0.387 e. The maximum atomic E-state index is 12.4. The fourth-order valence-electron chi connectivity index (χ4n) is 1.54. The van der Waals surface area contributed by atoms with Crippen molar-refractivity contribution in [3.8, 4) is 5.75 Å². The number of nitrogens with one attached hydrogen (secondary N) is 1. The Kier molecular flexibility index (Phi) is 5.68. The quantitative estimate of drug-likeness (QED) is 0.837. The first kappa shape index (κ1) is 15.8. The van der Waals surface area contributed by atoms with Crippen LogP contribution >= 0.6 is 15.9 Å². The van der Waals surface area contributed by atoms with Crippen molar-refractivity contribution in [2.45, 2.75) is 33.0 Å². The topological polar surface area (TPSA) is 58.6 Å². The largest absolute Gasteiger partial charge is 0.480 e. The van der Waals surface area contributed by atoms with E-state index in [-0.39, 0.29) is 12.3 Å². The van der Waals surface area contributed by atoms with Crippen molar-refractivity contribution in [2.75, 3.05) is 0 Å². The van der Waals surface area contributed by atoms with Crippen LogP contribution in [0.3, 0.4) is 0 Å². The van der Waals surface area contributed by atoms with Crippen LogP contribution in [0.4, 0.5) is 8.78 Å². The van der Waals surface area contributed by atoms with Crippen LogP contribution in [0.1, 0.15) is 18.1 Å². The number of halogens is 3. The minimum absolute atomic E-state index is 0.0725. The zero-order valence-electron chi connectivity index (χ0n) is 10.4. The Balaban J connectivity index is 2.94. The van der Waals surface area contributed by atoms with Crippen molar-refractivity contribution < 1.29 is 23.4 Å². The molecule has 1 unspecified atom stereocenters. The standard InChI is InChI=1S/C12H14BrF2NO3/c1-6-3-9(13)4-8(10(6)19-12(14)15)5-16-7(2)11(17)18/h3-4,7,12,16H,5H2,1-2H3,(H,17,18). The van der Waals surface area contributed by atoms with Crippen molar-refractivity contribution in [3.05, 3.63) is 27.7 Å². The summed E-state index contributed by atoms with van der Waals surface area (Å²) in [6.07, 6.45) is 0. The number of carboxylic acid groups (broad SMARTS) is 1. The van der Waals surface area contributed by atoms with Crippen LogP contribution in [0.15, 0.2) is 16.6 Å². The second-order valence-corrected chi connectivity index (χ2v) is 4.95. The fraction of sp³-hybridized carbons (Fsp3) is 0.417. The Morgan fingerprint density at radius 1 is 1.53 bits per heavy atom. The van der Waals surface area contributed by atoms with E-state index in [4.69, 9.17) is 5.11 Å². The summed E-state index contributed by atoms with van der Waals surface area (Å²) in [4.78, 5) is 10.7. The molecule has 0 bridgehead atoms.